The number of aromatic nitrogens is 1. The molecule has 0 aliphatic carbocycles. The smallest absolute Gasteiger partial charge is 0.269 e. The van der Waals surface area contributed by atoms with Gasteiger partial charge in [0, 0.05) is 23.5 Å². The van der Waals surface area contributed by atoms with Crippen molar-refractivity contribution in [2.45, 2.75) is 11.4 Å². The number of sulfone groups is 1. The highest BCUT2D eigenvalue weighted by Crippen LogP contribution is 2.23. The lowest BCUT2D eigenvalue weighted by molar-refractivity contribution is 0.0742. The third-order valence-electron chi connectivity index (χ3n) is 4.22. The van der Waals surface area contributed by atoms with Crippen LogP contribution in [0.1, 0.15) is 21.5 Å². The Labute approximate surface area is 184 Å². The second-order valence-corrected chi connectivity index (χ2v) is 9.01. The number of nitriles is 1. The molecule has 0 atom stereocenters. The van der Waals surface area contributed by atoms with Crippen molar-refractivity contribution in [3.05, 3.63) is 82.5 Å². The van der Waals surface area contributed by atoms with Crippen LogP contribution < -0.4 is 10.6 Å². The van der Waals surface area contributed by atoms with Crippen molar-refractivity contribution in [2.75, 3.05) is 6.26 Å². The molecule has 0 unspecified atom stereocenters. The molecule has 2 aromatic carbocycles. The molecular formula is C21H17ClN4O4S. The number of hydrogen-bond acceptors (Lipinski definition) is 7. The van der Waals surface area contributed by atoms with Gasteiger partial charge in [-0.25, -0.2) is 19.2 Å². The van der Waals surface area contributed by atoms with E-state index < -0.39 is 15.7 Å². The van der Waals surface area contributed by atoms with Gasteiger partial charge in [-0.3, -0.25) is 9.80 Å². The molecule has 1 aromatic heterocycles. The van der Waals surface area contributed by atoms with Crippen LogP contribution in [0.2, 0.25) is 5.02 Å². The molecule has 10 heteroatoms. The average molecular weight is 457 g/mol. The first-order valence-corrected chi connectivity index (χ1v) is 11.1. The third-order valence-corrected chi connectivity index (χ3v) is 5.69. The molecule has 3 rings (SSSR count). The van der Waals surface area contributed by atoms with Crippen LogP contribution in [0.15, 0.2) is 65.7 Å². The Kier molecular flexibility index (Phi) is 6.56. The van der Waals surface area contributed by atoms with E-state index in [4.69, 9.17) is 27.4 Å². The van der Waals surface area contributed by atoms with E-state index in [1.54, 1.807) is 24.3 Å². The second-order valence-electron chi connectivity index (χ2n) is 6.59. The molecule has 0 radical (unpaired) electrons. The molecule has 31 heavy (non-hydrogen) atoms. The first-order valence-electron chi connectivity index (χ1n) is 8.86. The van der Waals surface area contributed by atoms with Crippen LogP contribution in [0, 0.1) is 11.3 Å². The lowest BCUT2D eigenvalue weighted by atomic mass is 10.1. The van der Waals surface area contributed by atoms with Gasteiger partial charge in [-0.2, -0.15) is 5.26 Å². The van der Waals surface area contributed by atoms with Gasteiger partial charge in [0.05, 0.1) is 28.6 Å². The van der Waals surface area contributed by atoms with Crippen molar-refractivity contribution in [1.82, 2.24) is 9.99 Å². The summed E-state index contributed by atoms with van der Waals surface area (Å²) in [6, 6.07) is 15.7. The number of halogens is 1. The molecule has 0 fully saturated rings. The summed E-state index contributed by atoms with van der Waals surface area (Å²) in [5.41, 5.74) is 1.23. The van der Waals surface area contributed by atoms with Gasteiger partial charge in [0.15, 0.2) is 9.84 Å². The number of nitrogens with zero attached hydrogens (tertiary/aromatic N) is 3. The molecule has 0 aliphatic heterocycles. The molecule has 8 nitrogen and oxygen atoms in total. The predicted molar refractivity (Wildman–Crippen MR) is 114 cm³/mol. The number of carbonyl (C=O) groups excluding carboxylic acids is 1. The standard InChI is InChI=1S/C21H17ClN4O4S/c1-31(28,29)18-4-2-3-17(10-18)30-20-8-7-15(12-25-20)21(27)26(24)13-16-6-5-14(11-23)9-19(16)22/h2-10,12H,13,24H2,1H3. The number of hydrogen-bond donors (Lipinski definition) is 1. The average Bonchev–Trinajstić information content (AvgIpc) is 2.74. The Morgan fingerprint density at radius 2 is 2.00 bits per heavy atom. The quantitative estimate of drug-likeness (QED) is 0.342. The molecule has 0 saturated carbocycles. The monoisotopic (exact) mass is 456 g/mol. The Balaban J connectivity index is 1.69. The number of amides is 1. The van der Waals surface area contributed by atoms with Gasteiger partial charge in [-0.05, 0) is 42.0 Å². The Morgan fingerprint density at radius 1 is 1.23 bits per heavy atom. The molecule has 3 aromatic rings. The summed E-state index contributed by atoms with van der Waals surface area (Å²) in [4.78, 5) is 16.8. The highest BCUT2D eigenvalue weighted by Gasteiger charge is 2.16. The second kappa shape index (κ2) is 9.14. The minimum Gasteiger partial charge on any atom is -0.439 e. The maximum Gasteiger partial charge on any atom is 0.269 e. The Bertz CT molecular complexity index is 1270. The van der Waals surface area contributed by atoms with Gasteiger partial charge in [-0.1, -0.05) is 23.7 Å². The van der Waals surface area contributed by atoms with Crippen LogP contribution in [-0.2, 0) is 16.4 Å². The number of ether oxygens (including phenoxy) is 1. The summed E-state index contributed by atoms with van der Waals surface area (Å²) in [7, 11) is -3.37. The number of carbonyl (C=O) groups is 1. The first-order chi connectivity index (χ1) is 14.7. The van der Waals surface area contributed by atoms with Gasteiger partial charge in [0.25, 0.3) is 5.91 Å². The van der Waals surface area contributed by atoms with Crippen LogP contribution in [0.3, 0.4) is 0 Å². The van der Waals surface area contributed by atoms with Crippen molar-refractivity contribution in [1.29, 1.82) is 5.26 Å². The van der Waals surface area contributed by atoms with Crippen LogP contribution in [0.25, 0.3) is 0 Å². The van der Waals surface area contributed by atoms with E-state index in [2.05, 4.69) is 4.98 Å². The van der Waals surface area contributed by atoms with Gasteiger partial charge in [0.2, 0.25) is 5.88 Å². The fraction of sp³-hybridized carbons (Fsp3) is 0.0952. The van der Waals surface area contributed by atoms with Gasteiger partial charge >= 0.3 is 0 Å². The lowest BCUT2D eigenvalue weighted by Crippen LogP contribution is -2.36. The minimum absolute atomic E-state index is 0.0416. The van der Waals surface area contributed by atoms with Crippen molar-refractivity contribution in [2.24, 2.45) is 5.84 Å². The van der Waals surface area contributed by atoms with Crippen molar-refractivity contribution in [3.8, 4) is 17.7 Å². The SMILES string of the molecule is CS(=O)(=O)c1cccc(Oc2ccc(C(=O)N(N)Cc3ccc(C#N)cc3Cl)cn2)c1. The molecular weight excluding hydrogens is 440 g/mol. The molecule has 1 heterocycles. The molecule has 1 amide bonds. The van der Waals surface area contributed by atoms with Crippen molar-refractivity contribution < 1.29 is 17.9 Å². The summed E-state index contributed by atoms with van der Waals surface area (Å²) < 4.78 is 28.9. The van der Waals surface area contributed by atoms with Crippen LogP contribution >= 0.6 is 11.6 Å². The fourth-order valence-corrected chi connectivity index (χ4v) is 3.52. The third kappa shape index (κ3) is 5.58. The largest absolute Gasteiger partial charge is 0.439 e. The fourth-order valence-electron chi connectivity index (χ4n) is 2.62. The van der Waals surface area contributed by atoms with Gasteiger partial charge < -0.3 is 4.74 Å². The molecule has 2 N–H and O–H groups in total. The molecule has 0 aliphatic rings. The van der Waals surface area contributed by atoms with E-state index in [1.165, 1.54) is 36.5 Å². The number of pyridine rings is 1. The summed E-state index contributed by atoms with van der Waals surface area (Å²) in [6.45, 7) is 0.0416. The van der Waals surface area contributed by atoms with E-state index in [0.717, 1.165) is 11.3 Å². The zero-order chi connectivity index (χ0) is 22.6. The van der Waals surface area contributed by atoms with E-state index in [9.17, 15) is 13.2 Å². The molecule has 158 valence electrons. The maximum atomic E-state index is 12.6. The van der Waals surface area contributed by atoms with E-state index >= 15 is 0 Å². The van der Waals surface area contributed by atoms with E-state index in [1.807, 2.05) is 6.07 Å². The molecule has 0 spiro atoms. The minimum atomic E-state index is -3.37. The highest BCUT2D eigenvalue weighted by molar-refractivity contribution is 7.90. The zero-order valence-corrected chi connectivity index (χ0v) is 17.9. The summed E-state index contributed by atoms with van der Waals surface area (Å²) in [5.74, 6) is 5.87. The summed E-state index contributed by atoms with van der Waals surface area (Å²) in [6.07, 6.45) is 2.41. The maximum absolute atomic E-state index is 12.6. The van der Waals surface area contributed by atoms with Gasteiger partial charge in [-0.15, -0.1) is 0 Å². The topological polar surface area (TPSA) is 126 Å². The Morgan fingerprint density at radius 3 is 2.61 bits per heavy atom. The number of nitrogens with two attached hydrogens (primary N) is 1. The van der Waals surface area contributed by atoms with E-state index in [-0.39, 0.29) is 22.9 Å². The van der Waals surface area contributed by atoms with Crippen LogP contribution in [0.4, 0.5) is 0 Å². The normalized spacial score (nSPS) is 10.9. The highest BCUT2D eigenvalue weighted by atomic mass is 35.5. The van der Waals surface area contributed by atoms with E-state index in [0.29, 0.717) is 21.9 Å². The van der Waals surface area contributed by atoms with Gasteiger partial charge in [0.1, 0.15) is 5.75 Å². The predicted octanol–water partition coefficient (Wildman–Crippen LogP) is 3.32. The number of benzene rings is 2. The van der Waals surface area contributed by atoms with Crippen LogP contribution in [-0.4, -0.2) is 30.6 Å². The number of rotatable bonds is 6. The zero-order valence-electron chi connectivity index (χ0n) is 16.3. The molecule has 0 bridgehead atoms. The number of hydrazine groups is 1. The molecule has 0 saturated heterocycles. The first kappa shape index (κ1) is 22.2. The van der Waals surface area contributed by atoms with Crippen molar-refractivity contribution in [3.63, 3.8) is 0 Å². The Hall–Kier alpha value is -3.45. The van der Waals surface area contributed by atoms with Crippen LogP contribution in [0.5, 0.6) is 11.6 Å². The van der Waals surface area contributed by atoms with Crippen molar-refractivity contribution >= 4 is 27.3 Å². The lowest BCUT2D eigenvalue weighted by Gasteiger charge is -2.17. The summed E-state index contributed by atoms with van der Waals surface area (Å²) in [5, 5.41) is 10.2. The summed E-state index contributed by atoms with van der Waals surface area (Å²) >= 11 is 6.13.